The van der Waals surface area contributed by atoms with E-state index in [4.69, 9.17) is 0 Å². The molecular formula is C11H17N5. The number of H-pyrrole nitrogens is 1. The predicted molar refractivity (Wildman–Crippen MR) is 61.8 cm³/mol. The first kappa shape index (κ1) is 10.9. The van der Waals surface area contributed by atoms with Gasteiger partial charge >= 0.3 is 0 Å². The third-order valence-corrected chi connectivity index (χ3v) is 2.79. The Labute approximate surface area is 94.9 Å². The van der Waals surface area contributed by atoms with Gasteiger partial charge in [-0.2, -0.15) is 5.10 Å². The Kier molecular flexibility index (Phi) is 3.05. The Hall–Kier alpha value is -1.62. The molecule has 2 aromatic rings. The van der Waals surface area contributed by atoms with E-state index >= 15 is 0 Å². The van der Waals surface area contributed by atoms with Gasteiger partial charge in [0.2, 0.25) is 0 Å². The average molecular weight is 219 g/mol. The summed E-state index contributed by atoms with van der Waals surface area (Å²) in [7, 11) is 2.00. The van der Waals surface area contributed by atoms with Crippen molar-refractivity contribution in [2.75, 3.05) is 0 Å². The van der Waals surface area contributed by atoms with E-state index in [0.717, 1.165) is 30.3 Å². The minimum Gasteiger partial charge on any atom is -0.337 e. The van der Waals surface area contributed by atoms with Crippen LogP contribution in [0.1, 0.15) is 22.8 Å². The van der Waals surface area contributed by atoms with E-state index in [1.807, 2.05) is 37.9 Å². The van der Waals surface area contributed by atoms with Gasteiger partial charge in [-0.15, -0.1) is 0 Å². The molecule has 2 heterocycles. The van der Waals surface area contributed by atoms with Crippen LogP contribution < -0.4 is 5.32 Å². The highest BCUT2D eigenvalue weighted by atomic mass is 15.1. The molecule has 2 N–H and O–H groups in total. The number of rotatable bonds is 4. The molecule has 0 fully saturated rings. The minimum atomic E-state index is 0.771. The number of imidazole rings is 1. The van der Waals surface area contributed by atoms with Gasteiger partial charge in [-0.05, 0) is 13.8 Å². The van der Waals surface area contributed by atoms with Crippen LogP contribution in [0, 0.1) is 13.8 Å². The van der Waals surface area contributed by atoms with Crippen molar-refractivity contribution in [2.45, 2.75) is 26.9 Å². The van der Waals surface area contributed by atoms with Gasteiger partial charge in [0.15, 0.2) is 0 Å². The molecule has 0 unspecified atom stereocenters. The number of aryl methyl sites for hydroxylation is 3. The fraction of sp³-hybridized carbons (Fsp3) is 0.455. The van der Waals surface area contributed by atoms with Crippen molar-refractivity contribution in [3.8, 4) is 0 Å². The van der Waals surface area contributed by atoms with E-state index in [2.05, 4.69) is 20.5 Å². The summed E-state index contributed by atoms with van der Waals surface area (Å²) in [4.78, 5) is 4.26. The highest BCUT2D eigenvalue weighted by Gasteiger charge is 2.06. The van der Waals surface area contributed by atoms with E-state index in [1.165, 1.54) is 5.56 Å². The lowest BCUT2D eigenvalue weighted by atomic mass is 10.2. The SMILES string of the molecule is Cc1n[nH]c(C)c1CNCc1nccn1C. The molecule has 0 spiro atoms. The summed E-state index contributed by atoms with van der Waals surface area (Å²) in [5, 5.41) is 10.5. The summed E-state index contributed by atoms with van der Waals surface area (Å²) in [6.45, 7) is 5.65. The smallest absolute Gasteiger partial charge is 0.122 e. The molecule has 2 aromatic heterocycles. The molecule has 0 amide bonds. The summed E-state index contributed by atoms with van der Waals surface area (Å²) in [6.07, 6.45) is 3.76. The van der Waals surface area contributed by atoms with Crippen molar-refractivity contribution in [1.82, 2.24) is 25.1 Å². The molecule has 0 bridgehead atoms. The second-order valence-corrected chi connectivity index (χ2v) is 3.97. The highest BCUT2D eigenvalue weighted by molar-refractivity contribution is 5.22. The van der Waals surface area contributed by atoms with Crippen LogP contribution in [0.2, 0.25) is 0 Å². The molecule has 86 valence electrons. The number of hydrogen-bond donors (Lipinski definition) is 2. The van der Waals surface area contributed by atoms with E-state index in [0.29, 0.717) is 0 Å². The van der Waals surface area contributed by atoms with Gasteiger partial charge in [-0.1, -0.05) is 0 Å². The molecular weight excluding hydrogens is 202 g/mol. The first-order valence-electron chi connectivity index (χ1n) is 5.36. The van der Waals surface area contributed by atoms with Gasteiger partial charge in [0.05, 0.1) is 12.2 Å². The van der Waals surface area contributed by atoms with Crippen LogP contribution >= 0.6 is 0 Å². The molecule has 0 aliphatic heterocycles. The van der Waals surface area contributed by atoms with Crippen LogP contribution in [0.5, 0.6) is 0 Å². The van der Waals surface area contributed by atoms with Crippen LogP contribution in [0.4, 0.5) is 0 Å². The van der Waals surface area contributed by atoms with Gasteiger partial charge in [0.1, 0.15) is 5.82 Å². The lowest BCUT2D eigenvalue weighted by Gasteiger charge is -2.05. The van der Waals surface area contributed by atoms with Gasteiger partial charge in [0.25, 0.3) is 0 Å². The summed E-state index contributed by atoms with van der Waals surface area (Å²) in [5.41, 5.74) is 3.43. The fourth-order valence-electron chi connectivity index (χ4n) is 1.70. The molecule has 0 aliphatic carbocycles. The number of nitrogens with zero attached hydrogens (tertiary/aromatic N) is 3. The monoisotopic (exact) mass is 219 g/mol. The second-order valence-electron chi connectivity index (χ2n) is 3.97. The number of aromatic amines is 1. The Morgan fingerprint density at radius 3 is 2.75 bits per heavy atom. The first-order valence-corrected chi connectivity index (χ1v) is 5.36. The quantitative estimate of drug-likeness (QED) is 0.808. The van der Waals surface area contributed by atoms with E-state index in [-0.39, 0.29) is 0 Å². The third kappa shape index (κ3) is 2.14. The molecule has 5 heteroatoms. The number of nitrogens with one attached hydrogen (secondary N) is 2. The van der Waals surface area contributed by atoms with Crippen LogP contribution in [-0.4, -0.2) is 19.7 Å². The maximum absolute atomic E-state index is 4.26. The number of hydrogen-bond acceptors (Lipinski definition) is 3. The van der Waals surface area contributed by atoms with E-state index in [9.17, 15) is 0 Å². The van der Waals surface area contributed by atoms with Crippen molar-refractivity contribution in [1.29, 1.82) is 0 Å². The maximum atomic E-state index is 4.26. The Balaban J connectivity index is 1.92. The van der Waals surface area contributed by atoms with Gasteiger partial charge in [0, 0.05) is 37.2 Å². The molecule has 0 radical (unpaired) electrons. The van der Waals surface area contributed by atoms with Crippen LogP contribution in [-0.2, 0) is 20.1 Å². The van der Waals surface area contributed by atoms with Crippen molar-refractivity contribution in [2.24, 2.45) is 7.05 Å². The standard InChI is InChI=1S/C11H17N5/c1-8-10(9(2)15-14-8)6-12-7-11-13-4-5-16(11)3/h4-5,12H,6-7H2,1-3H3,(H,14,15). The van der Waals surface area contributed by atoms with Gasteiger partial charge < -0.3 is 9.88 Å². The fourth-order valence-corrected chi connectivity index (χ4v) is 1.70. The molecule has 16 heavy (non-hydrogen) atoms. The van der Waals surface area contributed by atoms with Crippen molar-refractivity contribution >= 4 is 0 Å². The van der Waals surface area contributed by atoms with E-state index in [1.54, 1.807) is 0 Å². The summed E-state index contributed by atoms with van der Waals surface area (Å²) in [5.74, 6) is 1.04. The van der Waals surface area contributed by atoms with Crippen molar-refractivity contribution in [3.63, 3.8) is 0 Å². The lowest BCUT2D eigenvalue weighted by Crippen LogP contribution is -2.16. The zero-order valence-corrected chi connectivity index (χ0v) is 9.91. The summed E-state index contributed by atoms with van der Waals surface area (Å²) in [6, 6.07) is 0. The van der Waals surface area contributed by atoms with Crippen LogP contribution in [0.3, 0.4) is 0 Å². The van der Waals surface area contributed by atoms with Gasteiger partial charge in [-0.3, -0.25) is 5.10 Å². The topological polar surface area (TPSA) is 58.5 Å². The largest absolute Gasteiger partial charge is 0.337 e. The van der Waals surface area contributed by atoms with Crippen molar-refractivity contribution < 1.29 is 0 Å². The number of aromatic nitrogens is 4. The first-order chi connectivity index (χ1) is 7.68. The minimum absolute atomic E-state index is 0.771. The van der Waals surface area contributed by atoms with Crippen molar-refractivity contribution in [3.05, 3.63) is 35.2 Å². The molecule has 0 saturated heterocycles. The van der Waals surface area contributed by atoms with E-state index < -0.39 is 0 Å². The Bertz CT molecular complexity index is 449. The third-order valence-electron chi connectivity index (χ3n) is 2.79. The zero-order chi connectivity index (χ0) is 11.5. The second kappa shape index (κ2) is 4.49. The predicted octanol–water partition coefficient (Wildman–Crippen LogP) is 1.05. The highest BCUT2D eigenvalue weighted by Crippen LogP contribution is 2.08. The van der Waals surface area contributed by atoms with Gasteiger partial charge in [-0.25, -0.2) is 4.98 Å². The molecule has 0 aliphatic rings. The van der Waals surface area contributed by atoms with Crippen LogP contribution in [0.25, 0.3) is 0 Å². The maximum Gasteiger partial charge on any atom is 0.122 e. The zero-order valence-electron chi connectivity index (χ0n) is 9.91. The summed E-state index contributed by atoms with van der Waals surface area (Å²) >= 11 is 0. The average Bonchev–Trinajstić information content (AvgIpc) is 2.79. The molecule has 0 aromatic carbocycles. The molecule has 0 saturated carbocycles. The molecule has 5 nitrogen and oxygen atoms in total. The Morgan fingerprint density at radius 2 is 2.19 bits per heavy atom. The van der Waals surface area contributed by atoms with Crippen LogP contribution in [0.15, 0.2) is 12.4 Å². The summed E-state index contributed by atoms with van der Waals surface area (Å²) < 4.78 is 2.02. The lowest BCUT2D eigenvalue weighted by molar-refractivity contribution is 0.636. The molecule has 2 rings (SSSR count). The normalized spacial score (nSPS) is 10.9. The molecule has 0 atom stereocenters. The Morgan fingerprint density at radius 1 is 1.38 bits per heavy atom.